The zero-order chi connectivity index (χ0) is 19.0. The molecule has 3 nitrogen and oxygen atoms in total. The molecule has 1 fully saturated rings. The normalized spacial score (nSPS) is 20.0. The zero-order valence-corrected chi connectivity index (χ0v) is 17.2. The van der Waals surface area contributed by atoms with Gasteiger partial charge in [-0.15, -0.1) is 0 Å². The van der Waals surface area contributed by atoms with Crippen molar-refractivity contribution >= 4 is 32.7 Å². The Labute approximate surface area is 168 Å². The average Bonchev–Trinajstić information content (AvgIpc) is 2.66. The van der Waals surface area contributed by atoms with Gasteiger partial charge in [-0.3, -0.25) is 4.79 Å². The molecule has 1 aliphatic heterocycles. The van der Waals surface area contributed by atoms with Crippen LogP contribution in [0.25, 0.3) is 22.2 Å². The quantitative estimate of drug-likeness (QED) is 0.523. The molecule has 1 amide bonds. The monoisotopic (exact) mass is 422 g/mol. The molecule has 27 heavy (non-hydrogen) atoms. The standard InChI is InChI=1S/C23H23BrN2O/c1-15-11-16(2)14-26(13-15)23(27)20-12-22(17-7-9-18(24)10-8-17)25-21-6-4-3-5-19(20)21/h3-10,12,15-16H,11,13-14H2,1-2H3/t15-,16-/m0/s1. The fourth-order valence-corrected chi connectivity index (χ4v) is 4.38. The van der Waals surface area contributed by atoms with Crippen molar-refractivity contribution in [1.29, 1.82) is 0 Å². The number of pyridine rings is 1. The Morgan fingerprint density at radius 1 is 1.04 bits per heavy atom. The summed E-state index contributed by atoms with van der Waals surface area (Å²) < 4.78 is 1.03. The summed E-state index contributed by atoms with van der Waals surface area (Å²) in [5, 5.41) is 0.925. The topological polar surface area (TPSA) is 33.2 Å². The number of carbonyl (C=O) groups excluding carboxylic acids is 1. The van der Waals surface area contributed by atoms with Crippen molar-refractivity contribution in [2.45, 2.75) is 20.3 Å². The Balaban J connectivity index is 1.81. The van der Waals surface area contributed by atoms with Crippen molar-refractivity contribution in [3.63, 3.8) is 0 Å². The van der Waals surface area contributed by atoms with Gasteiger partial charge in [-0.2, -0.15) is 0 Å². The molecular formula is C23H23BrN2O. The van der Waals surface area contributed by atoms with Gasteiger partial charge in [0.15, 0.2) is 0 Å². The number of nitrogens with zero attached hydrogens (tertiary/aromatic N) is 2. The lowest BCUT2D eigenvalue weighted by atomic mass is 9.91. The Kier molecular flexibility index (Phi) is 5.00. The third-order valence-electron chi connectivity index (χ3n) is 5.24. The predicted octanol–water partition coefficient (Wildman–Crippen LogP) is 5.78. The number of para-hydroxylation sites is 1. The maximum Gasteiger partial charge on any atom is 0.254 e. The minimum Gasteiger partial charge on any atom is -0.338 e. The third kappa shape index (κ3) is 3.77. The van der Waals surface area contributed by atoms with Crippen molar-refractivity contribution in [3.8, 4) is 11.3 Å². The summed E-state index contributed by atoms with van der Waals surface area (Å²) >= 11 is 3.48. The van der Waals surface area contributed by atoms with Gasteiger partial charge in [0.1, 0.15) is 0 Å². The number of hydrogen-bond donors (Lipinski definition) is 0. The second kappa shape index (κ2) is 7.43. The molecule has 138 valence electrons. The average molecular weight is 423 g/mol. The first-order valence-electron chi connectivity index (χ1n) is 9.46. The van der Waals surface area contributed by atoms with Gasteiger partial charge in [0.2, 0.25) is 0 Å². The lowest BCUT2D eigenvalue weighted by molar-refractivity contribution is 0.0625. The van der Waals surface area contributed by atoms with Crippen LogP contribution in [0.4, 0.5) is 0 Å². The number of aromatic nitrogens is 1. The van der Waals surface area contributed by atoms with Gasteiger partial charge in [0.05, 0.1) is 16.8 Å². The fourth-order valence-electron chi connectivity index (χ4n) is 4.12. The molecule has 1 saturated heterocycles. The van der Waals surface area contributed by atoms with E-state index in [9.17, 15) is 4.79 Å². The summed E-state index contributed by atoms with van der Waals surface area (Å²) in [6, 6.07) is 17.9. The lowest BCUT2D eigenvalue weighted by Gasteiger charge is -2.35. The van der Waals surface area contributed by atoms with Crippen LogP contribution in [0.5, 0.6) is 0 Å². The highest BCUT2D eigenvalue weighted by molar-refractivity contribution is 9.10. The molecule has 0 N–H and O–H groups in total. The molecule has 4 heteroatoms. The minimum absolute atomic E-state index is 0.116. The third-order valence-corrected chi connectivity index (χ3v) is 5.77. The van der Waals surface area contributed by atoms with E-state index in [4.69, 9.17) is 4.98 Å². The number of rotatable bonds is 2. The molecule has 0 bridgehead atoms. The van der Waals surface area contributed by atoms with E-state index in [1.165, 1.54) is 6.42 Å². The maximum atomic E-state index is 13.4. The van der Waals surface area contributed by atoms with Crippen LogP contribution in [0.2, 0.25) is 0 Å². The molecule has 0 radical (unpaired) electrons. The Morgan fingerprint density at radius 2 is 1.70 bits per heavy atom. The highest BCUT2D eigenvalue weighted by atomic mass is 79.9. The van der Waals surface area contributed by atoms with Crippen LogP contribution < -0.4 is 0 Å². The van der Waals surface area contributed by atoms with E-state index in [0.717, 1.165) is 45.3 Å². The molecule has 3 aromatic rings. The van der Waals surface area contributed by atoms with Crippen LogP contribution in [0, 0.1) is 11.8 Å². The summed E-state index contributed by atoms with van der Waals surface area (Å²) in [5.74, 6) is 1.19. The van der Waals surface area contributed by atoms with E-state index in [-0.39, 0.29) is 5.91 Å². The molecule has 1 aliphatic rings. The fraction of sp³-hybridized carbons (Fsp3) is 0.304. The number of benzene rings is 2. The van der Waals surface area contributed by atoms with E-state index in [1.807, 2.05) is 59.5 Å². The van der Waals surface area contributed by atoms with Crippen LogP contribution in [0.15, 0.2) is 59.1 Å². The van der Waals surface area contributed by atoms with Gasteiger partial charge in [-0.25, -0.2) is 4.98 Å². The SMILES string of the molecule is C[C@H]1C[C@H](C)CN(C(=O)c2cc(-c3ccc(Br)cc3)nc3ccccc23)C1. The maximum absolute atomic E-state index is 13.4. The summed E-state index contributed by atoms with van der Waals surface area (Å²) in [4.78, 5) is 20.3. The van der Waals surface area contributed by atoms with Crippen molar-refractivity contribution in [1.82, 2.24) is 9.88 Å². The summed E-state index contributed by atoms with van der Waals surface area (Å²) in [5.41, 5.74) is 3.46. The molecule has 0 spiro atoms. The molecule has 0 aliphatic carbocycles. The van der Waals surface area contributed by atoms with Crippen molar-refractivity contribution in [2.75, 3.05) is 13.1 Å². The predicted molar refractivity (Wildman–Crippen MR) is 114 cm³/mol. The molecular weight excluding hydrogens is 400 g/mol. The molecule has 0 unspecified atom stereocenters. The largest absolute Gasteiger partial charge is 0.338 e. The van der Waals surface area contributed by atoms with Gasteiger partial charge >= 0.3 is 0 Å². The first-order chi connectivity index (χ1) is 13.0. The van der Waals surface area contributed by atoms with Crippen molar-refractivity contribution < 1.29 is 4.79 Å². The highest BCUT2D eigenvalue weighted by Gasteiger charge is 2.27. The first-order valence-corrected chi connectivity index (χ1v) is 10.3. The number of likely N-dealkylation sites (tertiary alicyclic amines) is 1. The Morgan fingerprint density at radius 3 is 2.41 bits per heavy atom. The molecule has 2 atom stereocenters. The van der Waals surface area contributed by atoms with E-state index in [1.54, 1.807) is 0 Å². The second-order valence-electron chi connectivity index (χ2n) is 7.74. The number of piperidine rings is 1. The van der Waals surface area contributed by atoms with Crippen LogP contribution in [-0.2, 0) is 0 Å². The number of amides is 1. The van der Waals surface area contributed by atoms with Gasteiger partial charge in [-0.05, 0) is 42.5 Å². The lowest BCUT2D eigenvalue weighted by Crippen LogP contribution is -2.42. The van der Waals surface area contributed by atoms with Gasteiger partial charge in [-0.1, -0.05) is 60.1 Å². The Bertz CT molecular complexity index is 973. The van der Waals surface area contributed by atoms with Gasteiger partial charge < -0.3 is 4.90 Å². The summed E-state index contributed by atoms with van der Waals surface area (Å²) in [6.45, 7) is 6.11. The van der Waals surface area contributed by atoms with Crippen LogP contribution in [-0.4, -0.2) is 28.9 Å². The Hall–Kier alpha value is -2.20. The summed E-state index contributed by atoms with van der Waals surface area (Å²) in [7, 11) is 0. The number of carbonyl (C=O) groups is 1. The van der Waals surface area contributed by atoms with Crippen LogP contribution in [0.3, 0.4) is 0 Å². The van der Waals surface area contributed by atoms with Crippen LogP contribution >= 0.6 is 15.9 Å². The molecule has 1 aromatic heterocycles. The van der Waals surface area contributed by atoms with Gasteiger partial charge in [0.25, 0.3) is 5.91 Å². The van der Waals surface area contributed by atoms with Crippen LogP contribution in [0.1, 0.15) is 30.6 Å². The van der Waals surface area contributed by atoms with E-state index in [0.29, 0.717) is 11.8 Å². The van der Waals surface area contributed by atoms with Crippen molar-refractivity contribution in [2.24, 2.45) is 11.8 Å². The zero-order valence-electron chi connectivity index (χ0n) is 15.7. The smallest absolute Gasteiger partial charge is 0.254 e. The minimum atomic E-state index is 0.116. The van der Waals surface area contributed by atoms with E-state index in [2.05, 4.69) is 29.8 Å². The number of fused-ring (bicyclic) bond motifs is 1. The first kappa shape index (κ1) is 18.2. The van der Waals surface area contributed by atoms with E-state index < -0.39 is 0 Å². The summed E-state index contributed by atoms with van der Waals surface area (Å²) in [6.07, 6.45) is 1.19. The second-order valence-corrected chi connectivity index (χ2v) is 8.65. The highest BCUT2D eigenvalue weighted by Crippen LogP contribution is 2.29. The van der Waals surface area contributed by atoms with Gasteiger partial charge in [0, 0.05) is 28.5 Å². The number of halogens is 1. The van der Waals surface area contributed by atoms with Crippen molar-refractivity contribution in [3.05, 3.63) is 64.6 Å². The molecule has 2 heterocycles. The van der Waals surface area contributed by atoms with E-state index >= 15 is 0 Å². The molecule has 4 rings (SSSR count). The molecule has 2 aromatic carbocycles. The number of hydrogen-bond acceptors (Lipinski definition) is 2. The molecule has 0 saturated carbocycles.